The lowest BCUT2D eigenvalue weighted by molar-refractivity contribution is -0.384. The van der Waals surface area contributed by atoms with Gasteiger partial charge < -0.3 is 15.8 Å². The van der Waals surface area contributed by atoms with Gasteiger partial charge in [-0.15, -0.1) is 0 Å². The Kier molecular flexibility index (Phi) is 4.51. The average molecular weight is 266 g/mol. The van der Waals surface area contributed by atoms with Crippen LogP contribution >= 0.6 is 0 Å². The maximum atomic E-state index is 10.7. The summed E-state index contributed by atoms with van der Waals surface area (Å²) in [6, 6.07) is 2.62. The zero-order valence-electron chi connectivity index (χ0n) is 10.7. The van der Waals surface area contributed by atoms with Gasteiger partial charge in [-0.1, -0.05) is 0 Å². The number of rotatable bonds is 8. The van der Waals surface area contributed by atoms with Crippen molar-refractivity contribution >= 4 is 17.3 Å². The van der Waals surface area contributed by atoms with Crippen molar-refractivity contribution in [1.29, 1.82) is 0 Å². The SMILES string of the molecule is Nc1cc([N+](=O)[O-])cc(NCCCOCC2CC2)n1. The van der Waals surface area contributed by atoms with Gasteiger partial charge in [0.05, 0.1) is 17.1 Å². The van der Waals surface area contributed by atoms with E-state index in [1.165, 1.54) is 25.0 Å². The zero-order valence-corrected chi connectivity index (χ0v) is 10.7. The van der Waals surface area contributed by atoms with Crippen LogP contribution in [0.15, 0.2) is 12.1 Å². The van der Waals surface area contributed by atoms with Crippen molar-refractivity contribution in [3.63, 3.8) is 0 Å². The van der Waals surface area contributed by atoms with E-state index in [4.69, 9.17) is 10.5 Å². The summed E-state index contributed by atoms with van der Waals surface area (Å²) in [7, 11) is 0. The molecular weight excluding hydrogens is 248 g/mol. The lowest BCUT2D eigenvalue weighted by atomic mass is 10.3. The first-order chi connectivity index (χ1) is 9.15. The third-order valence-electron chi connectivity index (χ3n) is 2.86. The number of aromatic nitrogens is 1. The molecule has 104 valence electrons. The number of nitro groups is 1. The van der Waals surface area contributed by atoms with Gasteiger partial charge in [0.2, 0.25) is 0 Å². The van der Waals surface area contributed by atoms with Crippen LogP contribution in [0.3, 0.4) is 0 Å². The minimum absolute atomic E-state index is 0.0556. The van der Waals surface area contributed by atoms with Crippen molar-refractivity contribution in [1.82, 2.24) is 4.98 Å². The Hall–Kier alpha value is -1.89. The van der Waals surface area contributed by atoms with Crippen LogP contribution in [-0.2, 0) is 4.74 Å². The number of nitrogens with zero attached hydrogens (tertiary/aromatic N) is 2. The van der Waals surface area contributed by atoms with Crippen molar-refractivity contribution < 1.29 is 9.66 Å². The van der Waals surface area contributed by atoms with Crippen molar-refractivity contribution in [3.05, 3.63) is 22.2 Å². The predicted octanol–water partition coefficient (Wildman–Crippen LogP) is 1.80. The minimum atomic E-state index is -0.484. The Bertz CT molecular complexity index is 449. The highest BCUT2D eigenvalue weighted by atomic mass is 16.6. The number of ether oxygens (including phenoxy) is 1. The van der Waals surface area contributed by atoms with Gasteiger partial charge >= 0.3 is 0 Å². The number of nitrogens with two attached hydrogens (primary N) is 1. The number of hydrogen-bond donors (Lipinski definition) is 2. The van der Waals surface area contributed by atoms with Crippen LogP contribution in [0.25, 0.3) is 0 Å². The second kappa shape index (κ2) is 6.33. The molecular formula is C12H18N4O3. The molecule has 19 heavy (non-hydrogen) atoms. The van der Waals surface area contributed by atoms with E-state index in [1.807, 2.05) is 0 Å². The fourth-order valence-electron chi connectivity index (χ4n) is 1.66. The van der Waals surface area contributed by atoms with Crippen LogP contribution < -0.4 is 11.1 Å². The third kappa shape index (κ3) is 4.70. The lowest BCUT2D eigenvalue weighted by Crippen LogP contribution is -2.09. The molecule has 3 N–H and O–H groups in total. The second-order valence-corrected chi connectivity index (χ2v) is 4.69. The Morgan fingerprint density at radius 3 is 3.00 bits per heavy atom. The van der Waals surface area contributed by atoms with Gasteiger partial charge in [-0.05, 0) is 25.2 Å². The maximum absolute atomic E-state index is 10.7. The summed E-state index contributed by atoms with van der Waals surface area (Å²) >= 11 is 0. The van der Waals surface area contributed by atoms with Gasteiger partial charge in [0.1, 0.15) is 11.6 Å². The monoisotopic (exact) mass is 266 g/mol. The van der Waals surface area contributed by atoms with E-state index in [9.17, 15) is 10.1 Å². The summed E-state index contributed by atoms with van der Waals surface area (Å²) in [5.41, 5.74) is 5.45. The number of nitrogen functional groups attached to an aromatic ring is 1. The van der Waals surface area contributed by atoms with E-state index >= 15 is 0 Å². The molecule has 0 atom stereocenters. The summed E-state index contributed by atoms with van der Waals surface area (Å²) in [5, 5.41) is 13.7. The molecule has 1 heterocycles. The zero-order chi connectivity index (χ0) is 13.7. The molecule has 2 rings (SSSR count). The highest BCUT2D eigenvalue weighted by Gasteiger charge is 2.20. The van der Waals surface area contributed by atoms with E-state index < -0.39 is 4.92 Å². The van der Waals surface area contributed by atoms with E-state index in [-0.39, 0.29) is 11.5 Å². The first-order valence-corrected chi connectivity index (χ1v) is 6.38. The predicted molar refractivity (Wildman–Crippen MR) is 72.0 cm³/mol. The largest absolute Gasteiger partial charge is 0.383 e. The summed E-state index contributed by atoms with van der Waals surface area (Å²) < 4.78 is 5.49. The van der Waals surface area contributed by atoms with Crippen LogP contribution in [-0.4, -0.2) is 29.7 Å². The molecule has 1 aromatic rings. The fraction of sp³-hybridized carbons (Fsp3) is 0.583. The van der Waals surface area contributed by atoms with Crippen LogP contribution in [0.4, 0.5) is 17.3 Å². The van der Waals surface area contributed by atoms with Crippen LogP contribution in [0, 0.1) is 16.0 Å². The van der Waals surface area contributed by atoms with E-state index in [0.29, 0.717) is 19.0 Å². The third-order valence-corrected chi connectivity index (χ3v) is 2.86. The fourth-order valence-corrected chi connectivity index (χ4v) is 1.66. The molecule has 7 heteroatoms. The van der Waals surface area contributed by atoms with Crippen molar-refractivity contribution in [2.45, 2.75) is 19.3 Å². The Morgan fingerprint density at radius 2 is 2.32 bits per heavy atom. The van der Waals surface area contributed by atoms with Gasteiger partial charge in [0.25, 0.3) is 5.69 Å². The molecule has 7 nitrogen and oxygen atoms in total. The molecule has 0 saturated heterocycles. The molecule has 0 amide bonds. The second-order valence-electron chi connectivity index (χ2n) is 4.69. The van der Waals surface area contributed by atoms with Crippen molar-refractivity contribution in [3.8, 4) is 0 Å². The van der Waals surface area contributed by atoms with E-state index in [2.05, 4.69) is 10.3 Å². The van der Waals surface area contributed by atoms with Gasteiger partial charge in [0.15, 0.2) is 0 Å². The van der Waals surface area contributed by atoms with Gasteiger partial charge in [-0.3, -0.25) is 10.1 Å². The molecule has 1 aliphatic rings. The number of anilines is 2. The molecule has 1 fully saturated rings. The Labute approximate surface area is 111 Å². The van der Waals surface area contributed by atoms with E-state index in [0.717, 1.165) is 18.9 Å². The smallest absolute Gasteiger partial charge is 0.276 e. The minimum Gasteiger partial charge on any atom is -0.383 e. The number of hydrogen-bond acceptors (Lipinski definition) is 6. The maximum Gasteiger partial charge on any atom is 0.276 e. The summed E-state index contributed by atoms with van der Waals surface area (Å²) in [6.45, 7) is 2.19. The van der Waals surface area contributed by atoms with Gasteiger partial charge in [0, 0.05) is 19.8 Å². The summed E-state index contributed by atoms with van der Waals surface area (Å²) in [5.74, 6) is 1.33. The Balaban J connectivity index is 1.70. The molecule has 0 bridgehead atoms. The molecule has 0 aliphatic heterocycles. The molecule has 1 aromatic heterocycles. The van der Waals surface area contributed by atoms with E-state index in [1.54, 1.807) is 0 Å². The molecule has 0 aromatic carbocycles. The Morgan fingerprint density at radius 1 is 1.53 bits per heavy atom. The van der Waals surface area contributed by atoms with Crippen molar-refractivity contribution in [2.75, 3.05) is 30.8 Å². The number of nitrogens with one attached hydrogen (secondary N) is 1. The topological polar surface area (TPSA) is 103 Å². The molecule has 0 unspecified atom stereocenters. The average Bonchev–Trinajstić information content (AvgIpc) is 3.17. The summed E-state index contributed by atoms with van der Waals surface area (Å²) in [6.07, 6.45) is 3.40. The van der Waals surface area contributed by atoms with Gasteiger partial charge in [-0.2, -0.15) is 0 Å². The molecule has 1 aliphatic carbocycles. The first kappa shape index (κ1) is 13.5. The van der Waals surface area contributed by atoms with Crippen LogP contribution in [0.2, 0.25) is 0 Å². The van der Waals surface area contributed by atoms with Gasteiger partial charge in [-0.25, -0.2) is 4.98 Å². The quantitative estimate of drug-likeness (QED) is 0.422. The van der Waals surface area contributed by atoms with Crippen LogP contribution in [0.5, 0.6) is 0 Å². The number of pyridine rings is 1. The highest BCUT2D eigenvalue weighted by Crippen LogP contribution is 2.28. The lowest BCUT2D eigenvalue weighted by Gasteiger charge is -2.06. The first-order valence-electron chi connectivity index (χ1n) is 6.38. The molecule has 0 radical (unpaired) electrons. The summed E-state index contributed by atoms with van der Waals surface area (Å²) in [4.78, 5) is 14.2. The molecule has 1 saturated carbocycles. The van der Waals surface area contributed by atoms with Crippen molar-refractivity contribution in [2.24, 2.45) is 5.92 Å². The standard InChI is InChI=1S/C12H18N4O3/c13-11-6-10(16(17)18)7-12(15-11)14-4-1-5-19-8-9-2-3-9/h6-7,9H,1-5,8H2,(H3,13,14,15). The normalized spacial score (nSPS) is 14.3. The van der Waals surface area contributed by atoms with Crippen LogP contribution in [0.1, 0.15) is 19.3 Å². The highest BCUT2D eigenvalue weighted by molar-refractivity contribution is 5.52. The molecule has 0 spiro atoms.